The second-order valence-corrected chi connectivity index (χ2v) is 8.97. The third kappa shape index (κ3) is 5.03. The number of methoxy groups -OCH3 is 1. The maximum absolute atomic E-state index is 12.9. The third-order valence-electron chi connectivity index (χ3n) is 5.20. The number of benzene rings is 2. The van der Waals surface area contributed by atoms with Crippen molar-refractivity contribution in [3.63, 3.8) is 0 Å². The highest BCUT2D eigenvalue weighted by Gasteiger charge is 2.34. The molecule has 0 aromatic heterocycles. The normalized spacial score (nSPS) is 17.3. The van der Waals surface area contributed by atoms with Gasteiger partial charge >= 0.3 is 0 Å². The number of thiocarbonyl (C=S) groups is 1. The minimum absolute atomic E-state index is 0.0565. The maximum Gasteiger partial charge on any atom is 0.293 e. The van der Waals surface area contributed by atoms with E-state index in [0.717, 1.165) is 16.8 Å². The van der Waals surface area contributed by atoms with Crippen molar-refractivity contribution in [2.45, 2.75) is 0 Å². The molecule has 34 heavy (non-hydrogen) atoms. The number of hydrogen-bond donors (Lipinski definition) is 1. The molecule has 10 nitrogen and oxygen atoms in total. The second-order valence-electron chi connectivity index (χ2n) is 7.29. The van der Waals surface area contributed by atoms with Crippen molar-refractivity contribution in [3.8, 4) is 5.75 Å². The lowest BCUT2D eigenvalue weighted by molar-refractivity contribution is -0.384. The van der Waals surface area contributed by atoms with Gasteiger partial charge in [-0.3, -0.25) is 25.1 Å². The number of carbonyl (C=O) groups excluding carboxylic acids is 2. The molecular weight excluding hydrogens is 480 g/mol. The molecule has 2 aromatic carbocycles. The first-order chi connectivity index (χ1) is 16.4. The van der Waals surface area contributed by atoms with Gasteiger partial charge in [0.05, 0.1) is 30.2 Å². The molecule has 2 aliphatic heterocycles. The number of nitrogens with one attached hydrogen (secondary N) is 1. The molecule has 2 fully saturated rings. The molecule has 0 spiro atoms. The summed E-state index contributed by atoms with van der Waals surface area (Å²) in [6.45, 7) is 2.13. The molecule has 4 rings (SSSR count). The summed E-state index contributed by atoms with van der Waals surface area (Å²) in [6, 6.07) is 11.2. The summed E-state index contributed by atoms with van der Waals surface area (Å²) in [5.41, 5.74) is 3.76. The van der Waals surface area contributed by atoms with E-state index < -0.39 is 16.7 Å². The molecule has 0 radical (unpaired) electrons. The summed E-state index contributed by atoms with van der Waals surface area (Å²) in [6.07, 6.45) is 1.52. The lowest BCUT2D eigenvalue weighted by Gasteiger charge is -2.28. The smallest absolute Gasteiger partial charge is 0.293 e. The summed E-state index contributed by atoms with van der Waals surface area (Å²) in [5, 5.41) is 12.7. The fourth-order valence-electron chi connectivity index (χ4n) is 3.47. The highest BCUT2D eigenvalue weighted by molar-refractivity contribution is 8.26. The van der Waals surface area contributed by atoms with Gasteiger partial charge in [0.15, 0.2) is 4.32 Å². The zero-order valence-corrected chi connectivity index (χ0v) is 19.7. The number of nitro groups is 1. The third-order valence-corrected chi connectivity index (χ3v) is 6.51. The minimum atomic E-state index is -0.517. The number of ether oxygens (including phenoxy) is 2. The number of anilines is 1. The van der Waals surface area contributed by atoms with Crippen LogP contribution in [-0.4, -0.2) is 59.5 Å². The van der Waals surface area contributed by atoms with Gasteiger partial charge in [-0.05, 0) is 54.2 Å². The molecule has 2 aliphatic rings. The predicted octanol–water partition coefficient (Wildman–Crippen LogP) is 2.99. The lowest BCUT2D eigenvalue weighted by atomic mass is 10.1. The number of nitrogens with zero attached hydrogens (tertiary/aromatic N) is 3. The van der Waals surface area contributed by atoms with Gasteiger partial charge in [-0.1, -0.05) is 17.8 Å². The SMILES string of the molecule is COc1ccc(C(=O)NN2C(=O)/C(=C/c3ccc(N4CCOCC4)c([N+](=O)[O-])c3)SC2=S)cc1. The number of rotatable bonds is 6. The number of morpholine rings is 1. The predicted molar refractivity (Wildman–Crippen MR) is 132 cm³/mol. The van der Waals surface area contributed by atoms with Crippen molar-refractivity contribution in [2.24, 2.45) is 0 Å². The van der Waals surface area contributed by atoms with Crippen LogP contribution < -0.4 is 15.1 Å². The van der Waals surface area contributed by atoms with Crippen LogP contribution in [-0.2, 0) is 9.53 Å². The summed E-state index contributed by atoms with van der Waals surface area (Å²) >= 11 is 6.26. The number of hydrazine groups is 1. The number of thioether (sulfide) groups is 1. The van der Waals surface area contributed by atoms with Crippen LogP contribution in [0.4, 0.5) is 11.4 Å². The molecule has 0 aliphatic carbocycles. The van der Waals surface area contributed by atoms with Crippen LogP contribution in [0.5, 0.6) is 5.75 Å². The Labute approximate surface area is 204 Å². The first-order valence-corrected chi connectivity index (χ1v) is 11.4. The molecule has 0 unspecified atom stereocenters. The van der Waals surface area contributed by atoms with Gasteiger partial charge in [-0.25, -0.2) is 0 Å². The van der Waals surface area contributed by atoms with E-state index in [2.05, 4.69) is 5.43 Å². The van der Waals surface area contributed by atoms with Crippen molar-refractivity contribution in [3.05, 3.63) is 68.6 Å². The molecule has 176 valence electrons. The van der Waals surface area contributed by atoms with E-state index in [1.54, 1.807) is 36.4 Å². The van der Waals surface area contributed by atoms with Crippen LogP contribution in [0.1, 0.15) is 15.9 Å². The Hall–Kier alpha value is -3.48. The van der Waals surface area contributed by atoms with Gasteiger partial charge in [0.25, 0.3) is 17.5 Å². The fraction of sp³-hybridized carbons (Fsp3) is 0.227. The van der Waals surface area contributed by atoms with Crippen molar-refractivity contribution >= 4 is 57.6 Å². The minimum Gasteiger partial charge on any atom is -0.497 e. The molecule has 0 bridgehead atoms. The van der Waals surface area contributed by atoms with Gasteiger partial charge in [0.1, 0.15) is 11.4 Å². The van der Waals surface area contributed by atoms with Gasteiger partial charge < -0.3 is 14.4 Å². The van der Waals surface area contributed by atoms with Crippen LogP contribution in [0.15, 0.2) is 47.4 Å². The van der Waals surface area contributed by atoms with E-state index in [1.807, 2.05) is 4.90 Å². The van der Waals surface area contributed by atoms with Gasteiger partial charge in [-0.15, -0.1) is 0 Å². The summed E-state index contributed by atoms with van der Waals surface area (Å²) in [4.78, 5) is 38.8. The Balaban J connectivity index is 1.52. The lowest BCUT2D eigenvalue weighted by Crippen LogP contribution is -2.44. The van der Waals surface area contributed by atoms with Crippen molar-refractivity contribution < 1.29 is 24.0 Å². The van der Waals surface area contributed by atoms with Crippen molar-refractivity contribution in [1.82, 2.24) is 10.4 Å². The average Bonchev–Trinajstić information content (AvgIpc) is 3.11. The monoisotopic (exact) mass is 500 g/mol. The Morgan fingerprint density at radius 1 is 1.24 bits per heavy atom. The zero-order chi connectivity index (χ0) is 24.2. The maximum atomic E-state index is 12.9. The zero-order valence-electron chi connectivity index (χ0n) is 18.1. The van der Waals surface area contributed by atoms with E-state index in [1.165, 1.54) is 19.3 Å². The first-order valence-electron chi connectivity index (χ1n) is 10.2. The largest absolute Gasteiger partial charge is 0.497 e. The van der Waals surface area contributed by atoms with E-state index in [9.17, 15) is 19.7 Å². The van der Waals surface area contributed by atoms with Crippen molar-refractivity contribution in [2.75, 3.05) is 38.3 Å². The fourth-order valence-corrected chi connectivity index (χ4v) is 4.65. The van der Waals surface area contributed by atoms with Crippen LogP contribution >= 0.6 is 24.0 Å². The van der Waals surface area contributed by atoms with Gasteiger partial charge in [0.2, 0.25) is 0 Å². The van der Waals surface area contributed by atoms with Crippen molar-refractivity contribution in [1.29, 1.82) is 0 Å². The molecule has 2 amide bonds. The molecule has 0 saturated carbocycles. The summed E-state index contributed by atoms with van der Waals surface area (Å²) in [7, 11) is 1.52. The quantitative estimate of drug-likeness (QED) is 0.277. The van der Waals surface area contributed by atoms with Crippen LogP contribution in [0, 0.1) is 10.1 Å². The van der Waals surface area contributed by atoms with E-state index >= 15 is 0 Å². The number of hydrogen-bond acceptors (Lipinski definition) is 9. The number of carbonyl (C=O) groups is 2. The molecule has 2 saturated heterocycles. The molecular formula is C22H20N4O6S2. The highest BCUT2D eigenvalue weighted by atomic mass is 32.2. The molecule has 1 N–H and O–H groups in total. The van der Waals surface area contributed by atoms with Gasteiger partial charge in [-0.2, -0.15) is 5.01 Å². The standard InChI is InChI=1S/C22H20N4O6S2/c1-31-16-5-3-15(4-6-16)20(27)23-25-21(28)19(34-22(25)33)13-14-2-7-17(18(12-14)26(29)30)24-8-10-32-11-9-24/h2-7,12-13H,8-11H2,1H3,(H,23,27)/b19-13-. The number of nitro benzene ring substituents is 1. The molecule has 0 atom stereocenters. The number of amides is 2. The topological polar surface area (TPSA) is 114 Å². The van der Waals surface area contributed by atoms with E-state index in [-0.39, 0.29) is 14.9 Å². The van der Waals surface area contributed by atoms with E-state index in [0.29, 0.717) is 48.9 Å². The highest BCUT2D eigenvalue weighted by Crippen LogP contribution is 2.34. The van der Waals surface area contributed by atoms with Crippen LogP contribution in [0.25, 0.3) is 6.08 Å². The Kier molecular flexibility index (Phi) is 7.10. The molecule has 12 heteroatoms. The van der Waals surface area contributed by atoms with Gasteiger partial charge in [0, 0.05) is 24.7 Å². The van der Waals surface area contributed by atoms with Crippen LogP contribution in [0.2, 0.25) is 0 Å². The van der Waals surface area contributed by atoms with Crippen LogP contribution in [0.3, 0.4) is 0 Å². The van der Waals surface area contributed by atoms with E-state index in [4.69, 9.17) is 21.7 Å². The molecule has 2 heterocycles. The first kappa shape index (κ1) is 23.7. The molecule has 2 aromatic rings. The Morgan fingerprint density at radius 3 is 2.59 bits per heavy atom. The summed E-state index contributed by atoms with van der Waals surface area (Å²) < 4.78 is 10.5. The average molecular weight is 501 g/mol. The Bertz CT molecular complexity index is 1180. The Morgan fingerprint density at radius 2 is 1.94 bits per heavy atom. The second kappa shape index (κ2) is 10.2. The summed E-state index contributed by atoms with van der Waals surface area (Å²) in [5.74, 6) is -0.429.